The van der Waals surface area contributed by atoms with Gasteiger partial charge in [-0.1, -0.05) is 42.5 Å². The van der Waals surface area contributed by atoms with Gasteiger partial charge in [-0.2, -0.15) is 0 Å². The number of hydrogen-bond donors (Lipinski definition) is 1. The molecule has 0 fully saturated rings. The molecule has 5 rings (SSSR count). The standard InChI is InChI=1S/C31H28N2O5S/c1-18(2)38-23-15-13-22(14-16-23)33-26(21-11-8-12-24(17-21)37-4)25(28(35)31(33)36)27(34)29-19(3)32-30(39-29)20-9-6-5-7-10-20/h5-18,26,35H,1-4H3. The molecule has 1 amide bonds. The number of aryl methyl sites for hydroxylation is 1. The third-order valence-corrected chi connectivity index (χ3v) is 7.58. The Morgan fingerprint density at radius 2 is 1.72 bits per heavy atom. The number of hydrogen-bond acceptors (Lipinski definition) is 7. The Morgan fingerprint density at radius 1 is 1.00 bits per heavy atom. The van der Waals surface area contributed by atoms with Crippen LogP contribution in [-0.4, -0.2) is 35.0 Å². The summed E-state index contributed by atoms with van der Waals surface area (Å²) < 4.78 is 11.2. The molecule has 1 atom stereocenters. The summed E-state index contributed by atoms with van der Waals surface area (Å²) in [5.74, 6) is -0.453. The number of ether oxygens (including phenoxy) is 2. The molecule has 198 valence electrons. The van der Waals surface area contributed by atoms with Crippen molar-refractivity contribution in [1.82, 2.24) is 4.98 Å². The van der Waals surface area contributed by atoms with Crippen LogP contribution >= 0.6 is 11.3 Å². The van der Waals surface area contributed by atoms with E-state index in [1.165, 1.54) is 16.2 Å². The first-order valence-electron chi connectivity index (χ1n) is 12.5. The van der Waals surface area contributed by atoms with Gasteiger partial charge in [0.15, 0.2) is 5.76 Å². The van der Waals surface area contributed by atoms with Crippen LogP contribution in [0.4, 0.5) is 5.69 Å². The first kappa shape index (κ1) is 26.2. The maximum Gasteiger partial charge on any atom is 0.294 e. The van der Waals surface area contributed by atoms with Crippen molar-refractivity contribution in [1.29, 1.82) is 0 Å². The van der Waals surface area contributed by atoms with E-state index in [9.17, 15) is 14.7 Å². The summed E-state index contributed by atoms with van der Waals surface area (Å²) in [6.45, 7) is 5.62. The molecule has 4 aromatic rings. The van der Waals surface area contributed by atoms with E-state index < -0.39 is 23.5 Å². The predicted molar refractivity (Wildman–Crippen MR) is 152 cm³/mol. The molecule has 1 N–H and O–H groups in total. The molecule has 1 aliphatic rings. The van der Waals surface area contributed by atoms with E-state index in [1.54, 1.807) is 56.5 Å². The molecular formula is C31H28N2O5S. The molecule has 39 heavy (non-hydrogen) atoms. The van der Waals surface area contributed by atoms with Crippen molar-refractivity contribution in [3.05, 3.63) is 106 Å². The predicted octanol–water partition coefficient (Wildman–Crippen LogP) is 6.70. The average molecular weight is 541 g/mol. The average Bonchev–Trinajstić information content (AvgIpc) is 3.46. The largest absolute Gasteiger partial charge is 0.503 e. The van der Waals surface area contributed by atoms with Crippen molar-refractivity contribution in [3.63, 3.8) is 0 Å². The molecule has 7 nitrogen and oxygen atoms in total. The second-order valence-corrected chi connectivity index (χ2v) is 10.4. The lowest BCUT2D eigenvalue weighted by atomic mass is 9.94. The minimum Gasteiger partial charge on any atom is -0.503 e. The molecule has 0 saturated heterocycles. The number of anilines is 1. The number of amides is 1. The Bertz CT molecular complexity index is 1560. The molecule has 3 aromatic carbocycles. The van der Waals surface area contributed by atoms with Gasteiger partial charge in [0.2, 0.25) is 5.78 Å². The van der Waals surface area contributed by atoms with E-state index in [0.717, 1.165) is 5.56 Å². The SMILES string of the molecule is COc1cccc(C2C(C(=O)c3sc(-c4ccccc4)nc3C)=C(O)C(=O)N2c2ccc(OC(C)C)cc2)c1. The van der Waals surface area contributed by atoms with Crippen molar-refractivity contribution in [3.8, 4) is 22.1 Å². The first-order chi connectivity index (χ1) is 18.8. The van der Waals surface area contributed by atoms with Crippen molar-refractivity contribution in [2.75, 3.05) is 12.0 Å². The number of ketones is 1. The molecule has 2 heterocycles. The van der Waals surface area contributed by atoms with Crippen molar-refractivity contribution in [2.24, 2.45) is 0 Å². The molecule has 0 saturated carbocycles. The Balaban J connectivity index is 1.60. The third kappa shape index (κ3) is 5.03. The molecule has 1 unspecified atom stereocenters. The number of rotatable bonds is 8. The van der Waals surface area contributed by atoms with Gasteiger partial charge in [-0.25, -0.2) is 4.98 Å². The lowest BCUT2D eigenvalue weighted by molar-refractivity contribution is -0.117. The van der Waals surface area contributed by atoms with Crippen molar-refractivity contribution >= 4 is 28.7 Å². The monoisotopic (exact) mass is 540 g/mol. The highest BCUT2D eigenvalue weighted by molar-refractivity contribution is 7.17. The van der Waals surface area contributed by atoms with Crippen LogP contribution in [0.5, 0.6) is 11.5 Å². The third-order valence-electron chi connectivity index (χ3n) is 6.37. The van der Waals surface area contributed by atoms with Gasteiger partial charge in [-0.3, -0.25) is 14.5 Å². The van der Waals surface area contributed by atoms with Gasteiger partial charge in [0, 0.05) is 11.3 Å². The minimum atomic E-state index is -0.876. The molecule has 0 aliphatic carbocycles. The van der Waals surface area contributed by atoms with Crippen LogP contribution in [0.25, 0.3) is 10.6 Å². The number of aliphatic hydroxyl groups is 1. The zero-order valence-electron chi connectivity index (χ0n) is 22.0. The van der Waals surface area contributed by atoms with Crippen LogP contribution in [0.1, 0.15) is 40.8 Å². The Kier molecular flexibility index (Phi) is 7.21. The Labute approximate surface area is 231 Å². The number of nitrogens with zero attached hydrogens (tertiary/aromatic N) is 2. The van der Waals surface area contributed by atoms with E-state index in [1.807, 2.05) is 50.2 Å². The Hall–Kier alpha value is -4.43. The zero-order valence-corrected chi connectivity index (χ0v) is 22.9. The van der Waals surface area contributed by atoms with Crippen LogP contribution in [0, 0.1) is 6.92 Å². The van der Waals surface area contributed by atoms with Crippen molar-refractivity contribution in [2.45, 2.75) is 32.9 Å². The van der Waals surface area contributed by atoms with Gasteiger partial charge in [-0.15, -0.1) is 11.3 Å². The summed E-state index contributed by atoms with van der Waals surface area (Å²) in [6, 6.07) is 22.9. The molecule has 1 aliphatic heterocycles. The maximum absolute atomic E-state index is 14.1. The van der Waals surface area contributed by atoms with Crippen LogP contribution in [0.3, 0.4) is 0 Å². The number of thiazole rings is 1. The molecule has 8 heteroatoms. The number of Topliss-reactive ketones (excluding diaryl/α,β-unsaturated/α-hetero) is 1. The topological polar surface area (TPSA) is 89.0 Å². The van der Waals surface area contributed by atoms with Gasteiger partial charge >= 0.3 is 0 Å². The van der Waals surface area contributed by atoms with E-state index in [0.29, 0.717) is 38.3 Å². The fraction of sp³-hybridized carbons (Fsp3) is 0.194. The minimum absolute atomic E-state index is 0.00196. The van der Waals surface area contributed by atoms with Gasteiger partial charge in [0.1, 0.15) is 16.5 Å². The Morgan fingerprint density at radius 3 is 2.38 bits per heavy atom. The molecular weight excluding hydrogens is 512 g/mol. The lowest BCUT2D eigenvalue weighted by Crippen LogP contribution is -2.31. The highest BCUT2D eigenvalue weighted by Crippen LogP contribution is 2.44. The van der Waals surface area contributed by atoms with Crippen LogP contribution in [-0.2, 0) is 4.79 Å². The highest BCUT2D eigenvalue weighted by Gasteiger charge is 2.45. The number of aliphatic hydroxyl groups excluding tert-OH is 1. The maximum atomic E-state index is 14.1. The fourth-order valence-electron chi connectivity index (χ4n) is 4.62. The second-order valence-electron chi connectivity index (χ2n) is 9.41. The fourth-order valence-corrected chi connectivity index (χ4v) is 5.65. The van der Waals surface area contributed by atoms with Crippen LogP contribution in [0.15, 0.2) is 90.2 Å². The highest BCUT2D eigenvalue weighted by atomic mass is 32.1. The lowest BCUT2D eigenvalue weighted by Gasteiger charge is -2.27. The number of benzene rings is 3. The normalized spacial score (nSPS) is 15.3. The quantitative estimate of drug-likeness (QED) is 0.250. The summed E-state index contributed by atoms with van der Waals surface area (Å²) in [6.07, 6.45) is -0.00726. The molecule has 0 radical (unpaired) electrons. The number of carbonyl (C=O) groups excluding carboxylic acids is 2. The van der Waals surface area contributed by atoms with Gasteiger partial charge < -0.3 is 14.6 Å². The van der Waals surface area contributed by atoms with Gasteiger partial charge in [0.25, 0.3) is 5.91 Å². The summed E-state index contributed by atoms with van der Waals surface area (Å²) >= 11 is 1.24. The van der Waals surface area contributed by atoms with E-state index in [4.69, 9.17) is 9.47 Å². The molecule has 0 spiro atoms. The van der Waals surface area contributed by atoms with Crippen molar-refractivity contribution < 1.29 is 24.2 Å². The second kappa shape index (κ2) is 10.7. The summed E-state index contributed by atoms with van der Waals surface area (Å²) in [4.78, 5) is 34.1. The van der Waals surface area contributed by atoms with Gasteiger partial charge in [-0.05, 0) is 62.7 Å². The number of methoxy groups -OCH3 is 1. The van der Waals surface area contributed by atoms with Gasteiger partial charge in [0.05, 0.1) is 35.4 Å². The number of carbonyl (C=O) groups is 2. The van der Waals surface area contributed by atoms with E-state index in [-0.39, 0.29) is 11.7 Å². The number of aromatic nitrogens is 1. The first-order valence-corrected chi connectivity index (χ1v) is 13.3. The van der Waals surface area contributed by atoms with E-state index >= 15 is 0 Å². The van der Waals surface area contributed by atoms with Crippen LogP contribution in [0.2, 0.25) is 0 Å². The van der Waals surface area contributed by atoms with E-state index in [2.05, 4.69) is 4.98 Å². The van der Waals surface area contributed by atoms with Crippen LogP contribution < -0.4 is 14.4 Å². The molecule has 0 bridgehead atoms. The smallest absolute Gasteiger partial charge is 0.294 e. The zero-order chi connectivity index (χ0) is 27.7. The molecule has 1 aromatic heterocycles. The summed E-state index contributed by atoms with van der Waals surface area (Å²) in [5, 5.41) is 11.9. The summed E-state index contributed by atoms with van der Waals surface area (Å²) in [5.41, 5.74) is 2.57. The summed E-state index contributed by atoms with van der Waals surface area (Å²) in [7, 11) is 1.55.